The summed E-state index contributed by atoms with van der Waals surface area (Å²) in [5.74, 6) is -2.57. The standard InChI is InChI=1S/C26H33N5O7S/c1-27-21(32)10-11-22(33)31-12-6-9-20(31)24(35)28-18-13-38-26(37)17-8-5-4-7-16(17)14-39-15-19(29-23(18)34)25(36)30(2)3/h4-5,7-8,10-11,18-20H,6,9,12-15H2,1-3H3,(H,27,32)(H,28,35)(H,29,34)/b11-10+/t18-,19-,20+/m1/s1. The van der Waals surface area contributed by atoms with E-state index in [9.17, 15) is 28.8 Å². The van der Waals surface area contributed by atoms with Gasteiger partial charge in [0.15, 0.2) is 0 Å². The Morgan fingerprint density at radius 2 is 1.90 bits per heavy atom. The summed E-state index contributed by atoms with van der Waals surface area (Å²) in [7, 11) is 4.59. The molecule has 0 bridgehead atoms. The van der Waals surface area contributed by atoms with E-state index in [1.807, 2.05) is 0 Å². The number of thioether (sulfide) groups is 1. The molecule has 0 unspecified atom stereocenters. The third-order valence-electron chi connectivity index (χ3n) is 6.31. The molecule has 3 atom stereocenters. The van der Waals surface area contributed by atoms with Crippen LogP contribution in [0.25, 0.3) is 0 Å². The van der Waals surface area contributed by atoms with Crippen molar-refractivity contribution in [2.45, 2.75) is 36.7 Å². The van der Waals surface area contributed by atoms with Crippen molar-refractivity contribution in [1.29, 1.82) is 0 Å². The van der Waals surface area contributed by atoms with Gasteiger partial charge in [-0.25, -0.2) is 4.79 Å². The number of amides is 5. The number of nitrogens with zero attached hydrogens (tertiary/aromatic N) is 2. The second-order valence-corrected chi connectivity index (χ2v) is 10.3. The van der Waals surface area contributed by atoms with Gasteiger partial charge in [0, 0.05) is 51.3 Å². The van der Waals surface area contributed by atoms with E-state index in [2.05, 4.69) is 16.0 Å². The first-order valence-electron chi connectivity index (χ1n) is 12.5. The summed E-state index contributed by atoms with van der Waals surface area (Å²) < 4.78 is 5.43. The Bertz CT molecular complexity index is 1160. The van der Waals surface area contributed by atoms with Crippen LogP contribution in [0.2, 0.25) is 0 Å². The van der Waals surface area contributed by atoms with Gasteiger partial charge in [0.2, 0.25) is 29.5 Å². The maximum Gasteiger partial charge on any atom is 0.338 e. The van der Waals surface area contributed by atoms with E-state index in [-0.39, 0.29) is 11.7 Å². The van der Waals surface area contributed by atoms with E-state index in [1.165, 1.54) is 28.6 Å². The Kier molecular flexibility index (Phi) is 10.5. The molecule has 0 radical (unpaired) electrons. The molecule has 5 amide bonds. The van der Waals surface area contributed by atoms with Crippen LogP contribution in [0.15, 0.2) is 36.4 Å². The molecule has 1 aromatic carbocycles. The van der Waals surface area contributed by atoms with Crippen LogP contribution in [0.4, 0.5) is 0 Å². The van der Waals surface area contributed by atoms with Crippen LogP contribution in [-0.4, -0.2) is 103 Å². The Hall–Kier alpha value is -3.87. The maximum absolute atomic E-state index is 13.3. The van der Waals surface area contributed by atoms with Gasteiger partial charge >= 0.3 is 5.97 Å². The molecule has 0 aromatic heterocycles. The fourth-order valence-electron chi connectivity index (χ4n) is 4.21. The van der Waals surface area contributed by atoms with Crippen molar-refractivity contribution in [3.05, 3.63) is 47.5 Å². The normalized spacial score (nSPS) is 22.0. The highest BCUT2D eigenvalue weighted by atomic mass is 32.2. The molecule has 2 aliphatic rings. The monoisotopic (exact) mass is 559 g/mol. The number of likely N-dealkylation sites (N-methyl/N-ethyl adjacent to an activating group) is 2. The van der Waals surface area contributed by atoms with Crippen LogP contribution < -0.4 is 16.0 Å². The van der Waals surface area contributed by atoms with E-state index >= 15 is 0 Å². The molecule has 2 aliphatic heterocycles. The number of benzene rings is 1. The average molecular weight is 560 g/mol. The Morgan fingerprint density at radius 3 is 2.62 bits per heavy atom. The molecular formula is C26H33N5O7S. The lowest BCUT2D eigenvalue weighted by Gasteiger charge is -2.28. The number of carbonyl (C=O) groups excluding carboxylic acids is 6. The molecule has 1 saturated heterocycles. The van der Waals surface area contributed by atoms with Crippen molar-refractivity contribution >= 4 is 47.3 Å². The summed E-state index contributed by atoms with van der Waals surface area (Å²) in [5, 5.41) is 7.65. The smallest absolute Gasteiger partial charge is 0.338 e. The molecule has 0 spiro atoms. The van der Waals surface area contributed by atoms with E-state index in [0.29, 0.717) is 30.7 Å². The number of nitrogens with one attached hydrogen (secondary N) is 3. The lowest BCUT2D eigenvalue weighted by Crippen LogP contribution is -2.58. The first kappa shape index (κ1) is 29.7. The third kappa shape index (κ3) is 7.82. The van der Waals surface area contributed by atoms with Crippen LogP contribution in [0.1, 0.15) is 28.8 Å². The highest BCUT2D eigenvalue weighted by Gasteiger charge is 2.36. The predicted molar refractivity (Wildman–Crippen MR) is 143 cm³/mol. The zero-order valence-electron chi connectivity index (χ0n) is 22.1. The van der Waals surface area contributed by atoms with Gasteiger partial charge in [-0.15, -0.1) is 0 Å². The van der Waals surface area contributed by atoms with Crippen molar-refractivity contribution in [1.82, 2.24) is 25.8 Å². The van der Waals surface area contributed by atoms with Crippen molar-refractivity contribution in [3.8, 4) is 0 Å². The number of hydrogen-bond donors (Lipinski definition) is 3. The molecule has 210 valence electrons. The molecule has 39 heavy (non-hydrogen) atoms. The number of esters is 1. The van der Waals surface area contributed by atoms with Crippen molar-refractivity contribution in [2.75, 3.05) is 40.0 Å². The molecule has 1 aromatic rings. The summed E-state index contributed by atoms with van der Waals surface area (Å²) in [6.45, 7) is -0.174. The molecule has 0 aliphatic carbocycles. The number of carbonyl (C=O) groups is 6. The number of hydrogen-bond acceptors (Lipinski definition) is 8. The number of cyclic esters (lactones) is 1. The SMILES string of the molecule is CNC(=O)/C=C/C(=O)N1CCC[C@H]1C(=O)N[C@@H]1COC(=O)c2ccccc2CSC[C@H](C(=O)N(C)C)NC1=O. The second-order valence-electron chi connectivity index (χ2n) is 9.26. The predicted octanol–water partition coefficient (Wildman–Crippen LogP) is -0.559. The number of likely N-dealkylation sites (tertiary alicyclic amines) is 1. The number of ether oxygens (including phenoxy) is 1. The van der Waals surface area contributed by atoms with Gasteiger partial charge in [-0.05, 0) is 24.5 Å². The summed E-state index contributed by atoms with van der Waals surface area (Å²) in [4.78, 5) is 78.9. The fraction of sp³-hybridized carbons (Fsp3) is 0.462. The van der Waals surface area contributed by atoms with Crippen LogP contribution in [0.3, 0.4) is 0 Å². The van der Waals surface area contributed by atoms with Crippen molar-refractivity contribution in [3.63, 3.8) is 0 Å². The molecule has 0 saturated carbocycles. The van der Waals surface area contributed by atoms with E-state index < -0.39 is 54.3 Å². The van der Waals surface area contributed by atoms with Gasteiger partial charge in [-0.1, -0.05) is 18.2 Å². The number of rotatable bonds is 5. The quantitative estimate of drug-likeness (QED) is 0.321. The summed E-state index contributed by atoms with van der Waals surface area (Å²) in [6.07, 6.45) is 3.07. The first-order chi connectivity index (χ1) is 18.6. The Balaban J connectivity index is 1.82. The molecule has 2 heterocycles. The van der Waals surface area contributed by atoms with Crippen LogP contribution >= 0.6 is 11.8 Å². The summed E-state index contributed by atoms with van der Waals surface area (Å²) in [5.41, 5.74) is 1.06. The van der Waals surface area contributed by atoms with Crippen molar-refractivity contribution < 1.29 is 33.5 Å². The largest absolute Gasteiger partial charge is 0.459 e. The molecule has 13 heteroatoms. The van der Waals surface area contributed by atoms with E-state index in [0.717, 1.165) is 17.7 Å². The minimum Gasteiger partial charge on any atom is -0.459 e. The molecule has 1 fully saturated rings. The second kappa shape index (κ2) is 13.8. The Labute approximate surface area is 230 Å². The zero-order chi connectivity index (χ0) is 28.5. The van der Waals surface area contributed by atoms with Gasteiger partial charge in [0.05, 0.1) is 5.56 Å². The molecular weight excluding hydrogens is 526 g/mol. The molecule has 12 nitrogen and oxygen atoms in total. The first-order valence-corrected chi connectivity index (χ1v) is 13.6. The van der Waals surface area contributed by atoms with Gasteiger partial charge in [0.1, 0.15) is 24.7 Å². The van der Waals surface area contributed by atoms with Crippen LogP contribution in [0, 0.1) is 0 Å². The fourth-order valence-corrected chi connectivity index (χ4v) is 5.26. The average Bonchev–Trinajstić information content (AvgIpc) is 3.42. The summed E-state index contributed by atoms with van der Waals surface area (Å²) in [6, 6.07) is 3.84. The highest BCUT2D eigenvalue weighted by Crippen LogP contribution is 2.21. The third-order valence-corrected chi connectivity index (χ3v) is 7.40. The lowest BCUT2D eigenvalue weighted by molar-refractivity contribution is -0.138. The highest BCUT2D eigenvalue weighted by molar-refractivity contribution is 7.98. The van der Waals surface area contributed by atoms with Crippen LogP contribution in [0.5, 0.6) is 0 Å². The zero-order valence-corrected chi connectivity index (χ0v) is 22.9. The van der Waals surface area contributed by atoms with Crippen molar-refractivity contribution in [2.24, 2.45) is 0 Å². The van der Waals surface area contributed by atoms with Gasteiger partial charge in [-0.2, -0.15) is 11.8 Å². The lowest BCUT2D eigenvalue weighted by atomic mass is 10.1. The molecule has 3 N–H and O–H groups in total. The summed E-state index contributed by atoms with van der Waals surface area (Å²) >= 11 is 1.38. The van der Waals surface area contributed by atoms with E-state index in [1.54, 1.807) is 38.4 Å². The molecule has 3 rings (SSSR count). The van der Waals surface area contributed by atoms with Gasteiger partial charge in [-0.3, -0.25) is 24.0 Å². The maximum atomic E-state index is 13.3. The topological polar surface area (TPSA) is 154 Å². The van der Waals surface area contributed by atoms with Crippen LogP contribution in [-0.2, 0) is 34.5 Å². The van der Waals surface area contributed by atoms with E-state index in [4.69, 9.17) is 4.74 Å². The minimum atomic E-state index is -1.31. The Morgan fingerprint density at radius 1 is 1.15 bits per heavy atom. The van der Waals surface area contributed by atoms with Gasteiger partial charge in [0.25, 0.3) is 0 Å². The van der Waals surface area contributed by atoms with Gasteiger partial charge < -0.3 is 30.5 Å². The minimum absolute atomic E-state index is 0.245. The number of fused-ring (bicyclic) bond motifs is 1.